The number of benzene rings is 2. The maximum atomic E-state index is 13.6. The Morgan fingerprint density at radius 1 is 1.21 bits per heavy atom. The monoisotopic (exact) mass is 330 g/mol. The van der Waals surface area contributed by atoms with Gasteiger partial charge in [-0.15, -0.1) is 0 Å². The van der Waals surface area contributed by atoms with Crippen LogP contribution in [0.3, 0.4) is 0 Å². The lowest BCUT2D eigenvalue weighted by Gasteiger charge is -2.19. The third kappa shape index (κ3) is 5.26. The number of rotatable bonds is 8. The van der Waals surface area contributed by atoms with E-state index in [0.717, 1.165) is 17.8 Å². The molecule has 0 saturated carbocycles. The minimum Gasteiger partial charge on any atom is -0.494 e. The predicted molar refractivity (Wildman–Crippen MR) is 94.0 cm³/mol. The molecule has 0 atom stereocenters. The SMILES string of the molecule is COc1ccc(CCC(=O)NCCN(C)c2ccccc2)cc1F. The number of halogens is 1. The Labute approximate surface area is 142 Å². The minimum absolute atomic E-state index is 0.0345. The van der Waals surface area contributed by atoms with E-state index < -0.39 is 5.82 Å². The van der Waals surface area contributed by atoms with Crippen LogP contribution in [0.25, 0.3) is 0 Å². The van der Waals surface area contributed by atoms with Gasteiger partial charge in [0.2, 0.25) is 5.91 Å². The molecule has 0 aliphatic rings. The van der Waals surface area contributed by atoms with Crippen molar-refractivity contribution in [3.63, 3.8) is 0 Å². The molecule has 0 aliphatic carbocycles. The van der Waals surface area contributed by atoms with Crippen LogP contribution in [0.2, 0.25) is 0 Å². The van der Waals surface area contributed by atoms with Crippen LogP contribution in [-0.2, 0) is 11.2 Å². The highest BCUT2D eigenvalue weighted by Crippen LogP contribution is 2.18. The molecule has 0 aliphatic heterocycles. The largest absolute Gasteiger partial charge is 0.494 e. The average Bonchev–Trinajstić information content (AvgIpc) is 2.60. The normalized spacial score (nSPS) is 10.3. The van der Waals surface area contributed by atoms with Crippen molar-refractivity contribution >= 4 is 11.6 Å². The topological polar surface area (TPSA) is 41.6 Å². The second-order valence-corrected chi connectivity index (χ2v) is 5.58. The first-order chi connectivity index (χ1) is 11.6. The summed E-state index contributed by atoms with van der Waals surface area (Å²) in [6.45, 7) is 1.30. The van der Waals surface area contributed by atoms with Crippen molar-refractivity contribution in [1.82, 2.24) is 5.32 Å². The highest BCUT2D eigenvalue weighted by molar-refractivity contribution is 5.76. The van der Waals surface area contributed by atoms with Crippen molar-refractivity contribution in [2.45, 2.75) is 12.8 Å². The first-order valence-electron chi connectivity index (χ1n) is 7.95. The maximum absolute atomic E-state index is 13.6. The van der Waals surface area contributed by atoms with Crippen molar-refractivity contribution in [3.8, 4) is 5.75 Å². The van der Waals surface area contributed by atoms with Gasteiger partial charge < -0.3 is 15.0 Å². The highest BCUT2D eigenvalue weighted by Gasteiger charge is 2.07. The smallest absolute Gasteiger partial charge is 0.220 e. The van der Waals surface area contributed by atoms with Gasteiger partial charge in [0.05, 0.1) is 7.11 Å². The zero-order valence-electron chi connectivity index (χ0n) is 14.1. The van der Waals surface area contributed by atoms with E-state index in [9.17, 15) is 9.18 Å². The number of para-hydroxylation sites is 1. The van der Waals surface area contributed by atoms with Crippen LogP contribution in [0.15, 0.2) is 48.5 Å². The molecule has 1 N–H and O–H groups in total. The van der Waals surface area contributed by atoms with Crippen molar-refractivity contribution in [2.24, 2.45) is 0 Å². The van der Waals surface area contributed by atoms with Crippen molar-refractivity contribution < 1.29 is 13.9 Å². The third-order valence-corrected chi connectivity index (χ3v) is 3.82. The van der Waals surface area contributed by atoms with Crippen LogP contribution >= 0.6 is 0 Å². The Bertz CT molecular complexity index is 662. The van der Waals surface area contributed by atoms with E-state index >= 15 is 0 Å². The zero-order chi connectivity index (χ0) is 17.4. The average molecular weight is 330 g/mol. The van der Waals surface area contributed by atoms with E-state index in [1.165, 1.54) is 13.2 Å². The number of likely N-dealkylation sites (N-methyl/N-ethyl adjacent to an activating group) is 1. The van der Waals surface area contributed by atoms with Crippen molar-refractivity contribution in [3.05, 3.63) is 59.9 Å². The number of carbonyl (C=O) groups excluding carboxylic acids is 1. The lowest BCUT2D eigenvalue weighted by molar-refractivity contribution is -0.120. The Morgan fingerprint density at radius 3 is 2.62 bits per heavy atom. The molecule has 4 nitrogen and oxygen atoms in total. The molecule has 0 bridgehead atoms. The van der Waals surface area contributed by atoms with Crippen LogP contribution in [-0.4, -0.2) is 33.2 Å². The molecular weight excluding hydrogens is 307 g/mol. The van der Waals surface area contributed by atoms with Gasteiger partial charge in [0.1, 0.15) is 0 Å². The lowest BCUT2D eigenvalue weighted by Crippen LogP contribution is -2.33. The quantitative estimate of drug-likeness (QED) is 0.809. The lowest BCUT2D eigenvalue weighted by atomic mass is 10.1. The number of hydrogen-bond donors (Lipinski definition) is 1. The number of methoxy groups -OCH3 is 1. The molecule has 24 heavy (non-hydrogen) atoms. The first kappa shape index (κ1) is 17.8. The molecule has 2 rings (SSSR count). The van der Waals surface area contributed by atoms with Gasteiger partial charge in [-0.3, -0.25) is 4.79 Å². The van der Waals surface area contributed by atoms with E-state index in [2.05, 4.69) is 10.2 Å². The van der Waals surface area contributed by atoms with Gasteiger partial charge in [-0.1, -0.05) is 24.3 Å². The van der Waals surface area contributed by atoms with Crippen LogP contribution in [0.4, 0.5) is 10.1 Å². The maximum Gasteiger partial charge on any atom is 0.220 e. The summed E-state index contributed by atoms with van der Waals surface area (Å²) in [5.41, 5.74) is 1.89. The van der Waals surface area contributed by atoms with E-state index in [0.29, 0.717) is 19.4 Å². The van der Waals surface area contributed by atoms with Crippen LogP contribution in [0.5, 0.6) is 5.75 Å². The highest BCUT2D eigenvalue weighted by atomic mass is 19.1. The predicted octanol–water partition coefficient (Wildman–Crippen LogP) is 3.02. The van der Waals surface area contributed by atoms with Gasteiger partial charge in [0, 0.05) is 32.2 Å². The fourth-order valence-corrected chi connectivity index (χ4v) is 2.39. The number of carbonyl (C=O) groups is 1. The molecular formula is C19H23FN2O2. The summed E-state index contributed by atoms with van der Waals surface area (Å²) in [5.74, 6) is -0.222. The summed E-state index contributed by atoms with van der Waals surface area (Å²) in [7, 11) is 3.42. The first-order valence-corrected chi connectivity index (χ1v) is 7.95. The fourth-order valence-electron chi connectivity index (χ4n) is 2.39. The van der Waals surface area contributed by atoms with Gasteiger partial charge in [0.15, 0.2) is 11.6 Å². The Balaban J connectivity index is 1.71. The summed E-state index contributed by atoms with van der Waals surface area (Å²) in [6, 6.07) is 14.8. The number of nitrogens with zero attached hydrogens (tertiary/aromatic N) is 1. The molecule has 2 aromatic rings. The summed E-state index contributed by atoms with van der Waals surface area (Å²) in [4.78, 5) is 14.0. The van der Waals surface area contributed by atoms with E-state index in [4.69, 9.17) is 4.74 Å². The molecule has 0 fully saturated rings. The van der Waals surface area contributed by atoms with Crippen LogP contribution in [0, 0.1) is 5.82 Å². The summed E-state index contributed by atoms with van der Waals surface area (Å²) < 4.78 is 18.5. The van der Waals surface area contributed by atoms with Crippen LogP contribution < -0.4 is 15.0 Å². The fraction of sp³-hybridized carbons (Fsp3) is 0.316. The second kappa shape index (κ2) is 8.91. The number of anilines is 1. The molecule has 0 saturated heterocycles. The molecule has 128 valence electrons. The molecule has 0 unspecified atom stereocenters. The van der Waals surface area contributed by atoms with Crippen molar-refractivity contribution in [2.75, 3.05) is 32.1 Å². The van der Waals surface area contributed by atoms with Gasteiger partial charge in [0.25, 0.3) is 0 Å². The number of nitrogens with one attached hydrogen (secondary N) is 1. The number of hydrogen-bond acceptors (Lipinski definition) is 3. The molecule has 0 spiro atoms. The summed E-state index contributed by atoms with van der Waals surface area (Å²) >= 11 is 0. The number of aryl methyl sites for hydroxylation is 1. The standard InChI is InChI=1S/C19H23FN2O2/c1-22(16-6-4-3-5-7-16)13-12-21-19(23)11-9-15-8-10-18(24-2)17(20)14-15/h3-8,10,14H,9,11-13H2,1-2H3,(H,21,23). The van der Waals surface area contributed by atoms with Gasteiger partial charge in [-0.25, -0.2) is 4.39 Å². The molecule has 0 aromatic heterocycles. The molecule has 0 heterocycles. The number of ether oxygens (including phenoxy) is 1. The Hall–Kier alpha value is -2.56. The summed E-state index contributed by atoms with van der Waals surface area (Å²) in [5, 5.41) is 2.89. The van der Waals surface area contributed by atoms with Gasteiger partial charge >= 0.3 is 0 Å². The Kier molecular flexibility index (Phi) is 6.61. The molecule has 1 amide bonds. The molecule has 2 aromatic carbocycles. The molecule has 5 heteroatoms. The van der Waals surface area contributed by atoms with E-state index in [1.807, 2.05) is 37.4 Å². The minimum atomic E-state index is -0.403. The van der Waals surface area contributed by atoms with Gasteiger partial charge in [-0.2, -0.15) is 0 Å². The summed E-state index contributed by atoms with van der Waals surface area (Å²) in [6.07, 6.45) is 0.835. The van der Waals surface area contributed by atoms with Gasteiger partial charge in [-0.05, 0) is 36.2 Å². The van der Waals surface area contributed by atoms with E-state index in [-0.39, 0.29) is 11.7 Å². The zero-order valence-corrected chi connectivity index (χ0v) is 14.1. The van der Waals surface area contributed by atoms with Crippen LogP contribution in [0.1, 0.15) is 12.0 Å². The number of amides is 1. The second-order valence-electron chi connectivity index (χ2n) is 5.58. The third-order valence-electron chi connectivity index (χ3n) is 3.82. The Morgan fingerprint density at radius 2 is 1.96 bits per heavy atom. The van der Waals surface area contributed by atoms with Crippen molar-refractivity contribution in [1.29, 1.82) is 0 Å². The molecule has 0 radical (unpaired) electrons. The van der Waals surface area contributed by atoms with E-state index in [1.54, 1.807) is 12.1 Å².